The lowest BCUT2D eigenvalue weighted by molar-refractivity contribution is 0.428. The fraction of sp³-hybridized carbons (Fsp3) is 0.727. The molecule has 0 aliphatic rings. The number of aliphatic imine (C=N–C) groups is 1. The van der Waals surface area contributed by atoms with Crippen molar-refractivity contribution in [3.8, 4) is 0 Å². The van der Waals surface area contributed by atoms with Gasteiger partial charge in [0.05, 0.1) is 0 Å². The second-order valence-corrected chi connectivity index (χ2v) is 4.11. The van der Waals surface area contributed by atoms with Gasteiger partial charge in [-0.15, -0.1) is 0 Å². The zero-order chi connectivity index (χ0) is 11.2. The summed E-state index contributed by atoms with van der Waals surface area (Å²) in [6.07, 6.45) is 3.31. The summed E-state index contributed by atoms with van der Waals surface area (Å²) >= 11 is 0. The van der Waals surface area contributed by atoms with E-state index in [9.17, 15) is 0 Å². The maximum atomic E-state index is 5.51. The number of allylic oxidation sites excluding steroid dienone is 1. The minimum absolute atomic E-state index is 0.278. The van der Waals surface area contributed by atoms with Crippen molar-refractivity contribution < 1.29 is 0 Å². The molecule has 0 rings (SSSR count). The zero-order valence-corrected chi connectivity index (χ0v) is 10.0. The highest BCUT2D eigenvalue weighted by atomic mass is 15.1. The lowest BCUT2D eigenvalue weighted by Crippen LogP contribution is -2.31. The van der Waals surface area contributed by atoms with Crippen molar-refractivity contribution in [3.63, 3.8) is 0 Å². The van der Waals surface area contributed by atoms with Crippen LogP contribution < -0.4 is 11.1 Å². The summed E-state index contributed by atoms with van der Waals surface area (Å²) in [5, 5.41) is 3.01. The van der Waals surface area contributed by atoms with Crippen molar-refractivity contribution in [3.05, 3.63) is 11.6 Å². The molecule has 0 unspecified atom stereocenters. The molecule has 0 bridgehead atoms. The molecule has 0 radical (unpaired) electrons. The van der Waals surface area contributed by atoms with Crippen LogP contribution in [0.25, 0.3) is 0 Å². The van der Waals surface area contributed by atoms with Crippen LogP contribution in [0.2, 0.25) is 0 Å². The Hall–Kier alpha value is -0.990. The summed E-state index contributed by atoms with van der Waals surface area (Å²) in [7, 11) is 1.68. The van der Waals surface area contributed by atoms with Crippen LogP contribution in [0.4, 0.5) is 0 Å². The molecule has 3 nitrogen and oxygen atoms in total. The Bertz CT molecular complexity index is 227. The first-order valence-corrected chi connectivity index (χ1v) is 5.07. The van der Waals surface area contributed by atoms with Crippen molar-refractivity contribution in [2.45, 2.75) is 34.1 Å². The summed E-state index contributed by atoms with van der Waals surface area (Å²) < 4.78 is 0. The molecule has 3 heteroatoms. The summed E-state index contributed by atoms with van der Waals surface area (Å²) in [4.78, 5) is 3.82. The van der Waals surface area contributed by atoms with E-state index in [1.165, 1.54) is 5.57 Å². The lowest BCUT2D eigenvalue weighted by Gasteiger charge is -2.24. The van der Waals surface area contributed by atoms with Gasteiger partial charge in [0.1, 0.15) is 0 Å². The second kappa shape index (κ2) is 5.68. The van der Waals surface area contributed by atoms with Crippen molar-refractivity contribution in [2.75, 3.05) is 13.6 Å². The number of hydrogen-bond donors (Lipinski definition) is 2. The quantitative estimate of drug-likeness (QED) is 0.411. The Morgan fingerprint density at radius 2 is 2.07 bits per heavy atom. The average Bonchev–Trinajstić information content (AvgIpc) is 2.17. The molecule has 0 atom stereocenters. The maximum absolute atomic E-state index is 5.51. The van der Waals surface area contributed by atoms with Gasteiger partial charge in [0.2, 0.25) is 0 Å². The molecule has 0 saturated heterocycles. The first-order chi connectivity index (χ1) is 6.44. The van der Waals surface area contributed by atoms with Crippen LogP contribution in [0, 0.1) is 5.41 Å². The Labute approximate surface area is 87.5 Å². The summed E-state index contributed by atoms with van der Waals surface area (Å²) in [6.45, 7) is 9.60. The van der Waals surface area contributed by atoms with Gasteiger partial charge in [0.25, 0.3) is 0 Å². The van der Waals surface area contributed by atoms with Gasteiger partial charge in [0, 0.05) is 13.6 Å². The van der Waals surface area contributed by atoms with E-state index in [2.05, 4.69) is 44.1 Å². The van der Waals surface area contributed by atoms with E-state index in [4.69, 9.17) is 5.73 Å². The number of guanidine groups is 1. The molecule has 0 aromatic heterocycles. The van der Waals surface area contributed by atoms with E-state index in [1.807, 2.05) is 0 Å². The van der Waals surface area contributed by atoms with Crippen molar-refractivity contribution in [1.29, 1.82) is 0 Å². The average molecular weight is 197 g/mol. The molecular formula is C11H23N3. The largest absolute Gasteiger partial charge is 0.370 e. The minimum Gasteiger partial charge on any atom is -0.370 e. The summed E-state index contributed by atoms with van der Waals surface area (Å²) in [6, 6.07) is 0. The van der Waals surface area contributed by atoms with E-state index < -0.39 is 0 Å². The van der Waals surface area contributed by atoms with E-state index in [-0.39, 0.29) is 5.41 Å². The molecule has 0 amide bonds. The molecule has 3 N–H and O–H groups in total. The fourth-order valence-corrected chi connectivity index (χ4v) is 0.943. The molecule has 14 heavy (non-hydrogen) atoms. The zero-order valence-electron chi connectivity index (χ0n) is 10.0. The van der Waals surface area contributed by atoms with Crippen LogP contribution >= 0.6 is 0 Å². The Balaban J connectivity index is 4.13. The Morgan fingerprint density at radius 3 is 2.50 bits per heavy atom. The predicted octanol–water partition coefficient (Wildman–Crippen LogP) is 1.90. The molecule has 0 spiro atoms. The lowest BCUT2D eigenvalue weighted by atomic mass is 9.82. The van der Waals surface area contributed by atoms with E-state index in [0.717, 1.165) is 13.0 Å². The van der Waals surface area contributed by atoms with Crippen LogP contribution in [0.1, 0.15) is 34.1 Å². The first kappa shape index (κ1) is 13.0. The van der Waals surface area contributed by atoms with Gasteiger partial charge in [-0.2, -0.15) is 0 Å². The summed E-state index contributed by atoms with van der Waals surface area (Å²) in [5.41, 5.74) is 7.17. The number of nitrogens with zero attached hydrogens (tertiary/aromatic N) is 1. The number of hydrogen-bond acceptors (Lipinski definition) is 1. The highest BCUT2D eigenvalue weighted by Crippen LogP contribution is 2.28. The standard InChI is InChI=1S/C11H23N3/c1-6-11(3,4)9(2)7-8-14-10(12)13-5/h7H,6,8H2,1-5H3,(H3,12,13,14). The van der Waals surface area contributed by atoms with Crippen LogP contribution in [0.5, 0.6) is 0 Å². The van der Waals surface area contributed by atoms with Gasteiger partial charge in [-0.05, 0) is 18.8 Å². The van der Waals surface area contributed by atoms with Crippen LogP contribution in [-0.2, 0) is 0 Å². The van der Waals surface area contributed by atoms with Gasteiger partial charge in [0.15, 0.2) is 5.96 Å². The predicted molar refractivity (Wildman–Crippen MR) is 63.4 cm³/mol. The Morgan fingerprint density at radius 1 is 1.50 bits per heavy atom. The van der Waals surface area contributed by atoms with Crippen molar-refractivity contribution in [1.82, 2.24) is 5.32 Å². The monoisotopic (exact) mass is 197 g/mol. The highest BCUT2D eigenvalue weighted by molar-refractivity contribution is 5.77. The van der Waals surface area contributed by atoms with Gasteiger partial charge >= 0.3 is 0 Å². The molecule has 0 aromatic rings. The van der Waals surface area contributed by atoms with Crippen molar-refractivity contribution >= 4 is 5.96 Å². The third kappa shape index (κ3) is 4.30. The van der Waals surface area contributed by atoms with E-state index in [1.54, 1.807) is 7.05 Å². The van der Waals surface area contributed by atoms with E-state index >= 15 is 0 Å². The normalized spacial score (nSPS) is 14.4. The van der Waals surface area contributed by atoms with Gasteiger partial charge in [-0.25, -0.2) is 0 Å². The molecule has 0 heterocycles. The molecule has 0 aliphatic heterocycles. The third-order valence-electron chi connectivity index (χ3n) is 2.88. The smallest absolute Gasteiger partial charge is 0.188 e. The Kier molecular flexibility index (Phi) is 5.28. The van der Waals surface area contributed by atoms with Crippen LogP contribution in [0.15, 0.2) is 16.6 Å². The van der Waals surface area contributed by atoms with Crippen LogP contribution in [0.3, 0.4) is 0 Å². The molecule has 0 saturated carbocycles. The molecular weight excluding hydrogens is 174 g/mol. The topological polar surface area (TPSA) is 50.4 Å². The van der Waals surface area contributed by atoms with Gasteiger partial charge in [-0.3, -0.25) is 4.99 Å². The second-order valence-electron chi connectivity index (χ2n) is 4.11. The third-order valence-corrected chi connectivity index (χ3v) is 2.88. The molecule has 0 aliphatic carbocycles. The number of rotatable bonds is 4. The molecule has 82 valence electrons. The van der Waals surface area contributed by atoms with Gasteiger partial charge in [-0.1, -0.05) is 32.4 Å². The minimum atomic E-state index is 0.278. The SMILES string of the molecule is CCC(C)(C)C(C)=CCNC(N)=NC. The molecule has 0 aromatic carbocycles. The highest BCUT2D eigenvalue weighted by Gasteiger charge is 2.16. The van der Waals surface area contributed by atoms with Gasteiger partial charge < -0.3 is 11.1 Å². The molecule has 0 fully saturated rings. The van der Waals surface area contributed by atoms with E-state index in [0.29, 0.717) is 5.96 Å². The maximum Gasteiger partial charge on any atom is 0.188 e. The van der Waals surface area contributed by atoms with Crippen molar-refractivity contribution in [2.24, 2.45) is 16.1 Å². The number of nitrogens with two attached hydrogens (primary N) is 1. The van der Waals surface area contributed by atoms with Crippen LogP contribution in [-0.4, -0.2) is 19.6 Å². The first-order valence-electron chi connectivity index (χ1n) is 5.07. The fourth-order valence-electron chi connectivity index (χ4n) is 0.943. The summed E-state index contributed by atoms with van der Waals surface area (Å²) in [5.74, 6) is 0.489. The number of nitrogens with one attached hydrogen (secondary N) is 1.